The normalized spacial score (nSPS) is 10.6. The summed E-state index contributed by atoms with van der Waals surface area (Å²) in [4.78, 5) is 29.8. The molecule has 2 aromatic rings. The summed E-state index contributed by atoms with van der Waals surface area (Å²) in [6.07, 6.45) is 2.04. The number of hydrogen-bond acceptors (Lipinski definition) is 8. The van der Waals surface area contributed by atoms with E-state index in [1.165, 1.54) is 17.9 Å². The van der Waals surface area contributed by atoms with Crippen LogP contribution in [0, 0.1) is 10.1 Å². The first-order chi connectivity index (χ1) is 10.0. The van der Waals surface area contributed by atoms with Crippen LogP contribution in [0.1, 0.15) is 13.3 Å². The molecule has 112 valence electrons. The van der Waals surface area contributed by atoms with Crippen molar-refractivity contribution in [3.05, 3.63) is 26.9 Å². The van der Waals surface area contributed by atoms with Crippen LogP contribution in [0.5, 0.6) is 0 Å². The first-order valence-electron chi connectivity index (χ1n) is 6.07. The SMILES string of the molecule is CCCNc1ncnc(Sc2n[nH]c(=O)n2C)c1[N+](=O)[O-]. The van der Waals surface area contributed by atoms with Gasteiger partial charge in [0.15, 0.2) is 10.2 Å². The highest BCUT2D eigenvalue weighted by Gasteiger charge is 2.24. The number of nitrogens with one attached hydrogen (secondary N) is 2. The minimum absolute atomic E-state index is 0.121. The van der Waals surface area contributed by atoms with Gasteiger partial charge in [-0.15, -0.1) is 5.10 Å². The van der Waals surface area contributed by atoms with Crippen LogP contribution < -0.4 is 11.0 Å². The molecule has 0 unspecified atom stereocenters. The fraction of sp³-hybridized carbons (Fsp3) is 0.400. The third kappa shape index (κ3) is 3.18. The number of hydrogen-bond donors (Lipinski definition) is 2. The molecule has 0 aromatic carbocycles. The van der Waals surface area contributed by atoms with Gasteiger partial charge in [-0.25, -0.2) is 19.9 Å². The van der Waals surface area contributed by atoms with Crippen molar-refractivity contribution in [2.45, 2.75) is 23.5 Å². The molecule has 0 saturated heterocycles. The van der Waals surface area contributed by atoms with Crippen LogP contribution in [0.4, 0.5) is 11.5 Å². The van der Waals surface area contributed by atoms with E-state index in [0.29, 0.717) is 6.54 Å². The molecular weight excluding hydrogens is 298 g/mol. The average molecular weight is 311 g/mol. The molecule has 10 nitrogen and oxygen atoms in total. The smallest absolute Gasteiger partial charge is 0.343 e. The van der Waals surface area contributed by atoms with E-state index in [1.54, 1.807) is 0 Å². The Kier molecular flexibility index (Phi) is 4.52. The van der Waals surface area contributed by atoms with Crippen molar-refractivity contribution in [1.82, 2.24) is 24.7 Å². The van der Waals surface area contributed by atoms with Crippen LogP contribution in [-0.2, 0) is 7.05 Å². The van der Waals surface area contributed by atoms with Crippen LogP contribution >= 0.6 is 11.8 Å². The molecule has 0 aliphatic rings. The summed E-state index contributed by atoms with van der Waals surface area (Å²) in [6, 6.07) is 0. The quantitative estimate of drug-likeness (QED) is 0.454. The lowest BCUT2D eigenvalue weighted by molar-refractivity contribution is -0.387. The summed E-state index contributed by atoms with van der Waals surface area (Å²) in [5.74, 6) is 0.153. The van der Waals surface area contributed by atoms with Gasteiger partial charge in [0.1, 0.15) is 6.33 Å². The third-order valence-electron chi connectivity index (χ3n) is 2.54. The van der Waals surface area contributed by atoms with Gasteiger partial charge in [0.2, 0.25) is 5.82 Å². The number of nitro groups is 1. The van der Waals surface area contributed by atoms with E-state index in [-0.39, 0.29) is 21.7 Å². The molecule has 2 rings (SSSR count). The maximum Gasteiger partial charge on any atom is 0.343 e. The third-order valence-corrected chi connectivity index (χ3v) is 3.58. The average Bonchev–Trinajstić information content (AvgIpc) is 2.77. The molecule has 2 heterocycles. The summed E-state index contributed by atoms with van der Waals surface area (Å²) in [7, 11) is 1.51. The summed E-state index contributed by atoms with van der Waals surface area (Å²) < 4.78 is 1.25. The number of aromatic nitrogens is 5. The lowest BCUT2D eigenvalue weighted by atomic mass is 10.4. The van der Waals surface area contributed by atoms with Crippen LogP contribution in [0.25, 0.3) is 0 Å². The highest BCUT2D eigenvalue weighted by atomic mass is 32.2. The molecule has 21 heavy (non-hydrogen) atoms. The molecule has 0 fully saturated rings. The topological polar surface area (TPSA) is 132 Å². The molecule has 11 heteroatoms. The van der Waals surface area contributed by atoms with E-state index < -0.39 is 10.6 Å². The van der Waals surface area contributed by atoms with E-state index in [2.05, 4.69) is 25.5 Å². The summed E-state index contributed by atoms with van der Waals surface area (Å²) >= 11 is 0.925. The van der Waals surface area contributed by atoms with Crippen molar-refractivity contribution in [2.75, 3.05) is 11.9 Å². The second kappa shape index (κ2) is 6.35. The highest BCUT2D eigenvalue weighted by Crippen LogP contribution is 2.34. The van der Waals surface area contributed by atoms with E-state index in [0.717, 1.165) is 18.2 Å². The van der Waals surface area contributed by atoms with Gasteiger partial charge in [0.05, 0.1) is 4.92 Å². The van der Waals surface area contributed by atoms with Gasteiger partial charge >= 0.3 is 11.4 Å². The Bertz CT molecular complexity index is 711. The summed E-state index contributed by atoms with van der Waals surface area (Å²) in [5.41, 5.74) is -0.634. The Morgan fingerprint density at radius 3 is 2.86 bits per heavy atom. The monoisotopic (exact) mass is 311 g/mol. The Balaban J connectivity index is 2.40. The predicted octanol–water partition coefficient (Wildman–Crippen LogP) is 0.780. The number of aromatic amines is 1. The summed E-state index contributed by atoms with van der Waals surface area (Å²) in [6.45, 7) is 2.50. The molecular formula is C10H13N7O3S. The van der Waals surface area contributed by atoms with Gasteiger partial charge in [-0.3, -0.25) is 14.7 Å². The van der Waals surface area contributed by atoms with E-state index in [9.17, 15) is 14.9 Å². The fourth-order valence-corrected chi connectivity index (χ4v) is 2.34. The predicted molar refractivity (Wildman–Crippen MR) is 75.4 cm³/mol. The standard InChI is InChI=1S/C10H13N7O3S/c1-3-4-11-7-6(17(19)20)8(13-5-12-7)21-10-15-14-9(18)16(10)2/h5H,3-4H2,1-2H3,(H,14,18)(H,11,12,13). The maximum absolute atomic E-state index is 11.3. The maximum atomic E-state index is 11.3. The molecule has 0 atom stereocenters. The molecule has 0 bridgehead atoms. The zero-order valence-corrected chi connectivity index (χ0v) is 12.2. The molecule has 0 spiro atoms. The van der Waals surface area contributed by atoms with E-state index >= 15 is 0 Å². The van der Waals surface area contributed by atoms with Gasteiger partial charge in [-0.1, -0.05) is 6.92 Å². The Morgan fingerprint density at radius 1 is 1.52 bits per heavy atom. The Labute approximate surface area is 123 Å². The molecule has 0 aliphatic carbocycles. The van der Waals surface area contributed by atoms with Gasteiger partial charge in [-0.2, -0.15) is 0 Å². The number of H-pyrrole nitrogens is 1. The van der Waals surface area contributed by atoms with Gasteiger partial charge in [0, 0.05) is 13.6 Å². The van der Waals surface area contributed by atoms with Gasteiger partial charge < -0.3 is 5.32 Å². The van der Waals surface area contributed by atoms with Crippen LogP contribution in [-0.4, -0.2) is 36.2 Å². The van der Waals surface area contributed by atoms with Crippen LogP contribution in [0.2, 0.25) is 0 Å². The van der Waals surface area contributed by atoms with Crippen LogP contribution in [0.15, 0.2) is 21.3 Å². The van der Waals surface area contributed by atoms with Crippen molar-refractivity contribution in [1.29, 1.82) is 0 Å². The van der Waals surface area contributed by atoms with Crippen molar-refractivity contribution >= 4 is 23.3 Å². The van der Waals surface area contributed by atoms with Gasteiger partial charge in [-0.05, 0) is 18.2 Å². The van der Waals surface area contributed by atoms with Crippen molar-refractivity contribution < 1.29 is 4.92 Å². The van der Waals surface area contributed by atoms with Crippen molar-refractivity contribution in [3.63, 3.8) is 0 Å². The largest absolute Gasteiger partial charge is 0.364 e. The number of anilines is 1. The first kappa shape index (κ1) is 15.0. The lowest BCUT2D eigenvalue weighted by Gasteiger charge is -2.06. The second-order valence-corrected chi connectivity index (χ2v) is 4.99. The molecule has 2 aromatic heterocycles. The van der Waals surface area contributed by atoms with Crippen molar-refractivity contribution in [2.24, 2.45) is 7.05 Å². The molecule has 2 N–H and O–H groups in total. The zero-order valence-electron chi connectivity index (χ0n) is 11.4. The molecule has 0 aliphatic heterocycles. The number of nitrogens with zero attached hydrogens (tertiary/aromatic N) is 5. The number of rotatable bonds is 6. The minimum Gasteiger partial charge on any atom is -0.364 e. The Hall–Kier alpha value is -2.43. The Morgan fingerprint density at radius 2 is 2.29 bits per heavy atom. The van der Waals surface area contributed by atoms with Gasteiger partial charge in [0.25, 0.3) is 0 Å². The minimum atomic E-state index is -0.551. The van der Waals surface area contributed by atoms with E-state index in [1.807, 2.05) is 6.92 Å². The zero-order chi connectivity index (χ0) is 15.4. The first-order valence-corrected chi connectivity index (χ1v) is 6.88. The molecule has 0 saturated carbocycles. The summed E-state index contributed by atoms with van der Waals surface area (Å²) in [5, 5.41) is 20.6. The molecule has 0 amide bonds. The fourth-order valence-electron chi connectivity index (χ4n) is 1.48. The van der Waals surface area contributed by atoms with E-state index in [4.69, 9.17) is 0 Å². The van der Waals surface area contributed by atoms with Crippen LogP contribution in [0.3, 0.4) is 0 Å². The lowest BCUT2D eigenvalue weighted by Crippen LogP contribution is -2.13. The molecule has 0 radical (unpaired) electrons. The van der Waals surface area contributed by atoms with Crippen molar-refractivity contribution in [3.8, 4) is 0 Å². The second-order valence-electron chi connectivity index (χ2n) is 4.03. The highest BCUT2D eigenvalue weighted by molar-refractivity contribution is 7.99.